The Morgan fingerprint density at radius 3 is 2.54 bits per heavy atom. The van der Waals surface area contributed by atoms with Crippen molar-refractivity contribution in [1.82, 2.24) is 19.7 Å². The number of aryl methyl sites for hydroxylation is 1. The average molecular weight is 475 g/mol. The lowest BCUT2D eigenvalue weighted by Gasteiger charge is -2.19. The van der Waals surface area contributed by atoms with Crippen LogP contribution in [0.4, 0.5) is 0 Å². The molecule has 2 aromatic heterocycles. The summed E-state index contributed by atoms with van der Waals surface area (Å²) in [6.07, 6.45) is 11.9. The molecule has 3 aromatic rings. The lowest BCUT2D eigenvalue weighted by atomic mass is 9.86. The van der Waals surface area contributed by atoms with Crippen LogP contribution < -0.4 is 0 Å². The van der Waals surface area contributed by atoms with Crippen molar-refractivity contribution in [2.75, 3.05) is 0 Å². The molecule has 0 unspecified atom stereocenters. The third-order valence-corrected chi connectivity index (χ3v) is 6.80. The molecule has 0 amide bonds. The number of carboxylic acids is 1. The zero-order valence-electron chi connectivity index (χ0n) is 20.4. The van der Waals surface area contributed by atoms with Crippen molar-refractivity contribution in [3.63, 3.8) is 0 Å². The molecular formula is C28H34N4O3. The molecule has 0 aliphatic heterocycles. The molecule has 1 fully saturated rings. The van der Waals surface area contributed by atoms with E-state index in [9.17, 15) is 14.7 Å². The van der Waals surface area contributed by atoms with E-state index in [1.807, 2.05) is 28.9 Å². The number of carboxylic acid groups (broad SMARTS) is 1. The van der Waals surface area contributed by atoms with Gasteiger partial charge in [0.05, 0.1) is 11.3 Å². The second-order valence-corrected chi connectivity index (χ2v) is 9.49. The molecule has 1 aromatic carbocycles. The van der Waals surface area contributed by atoms with Crippen LogP contribution in [0.5, 0.6) is 0 Å². The van der Waals surface area contributed by atoms with Crippen LogP contribution in [0.2, 0.25) is 0 Å². The van der Waals surface area contributed by atoms with E-state index < -0.39 is 5.97 Å². The molecule has 0 spiro atoms. The fourth-order valence-corrected chi connectivity index (χ4v) is 4.83. The van der Waals surface area contributed by atoms with Crippen LogP contribution in [-0.4, -0.2) is 36.6 Å². The molecule has 1 saturated carbocycles. The van der Waals surface area contributed by atoms with Crippen LogP contribution in [0.1, 0.15) is 97.1 Å². The highest BCUT2D eigenvalue weighted by Gasteiger charge is 2.22. The van der Waals surface area contributed by atoms with Gasteiger partial charge in [0, 0.05) is 31.1 Å². The van der Waals surface area contributed by atoms with Crippen LogP contribution in [0.15, 0.2) is 42.6 Å². The summed E-state index contributed by atoms with van der Waals surface area (Å²) in [6.45, 7) is 2.92. The standard InChI is InChI=1S/C28H34N4O3/c1-2-3-7-17-32-25(30-27(31-32)24(33)18-20-9-5-4-6-10-20)19-21-12-14-22(15-13-21)26-23(28(34)35)11-8-16-29-26/h8,11-16,20H,2-7,9-10,17-19H2,1H3,(H,34,35). The van der Waals surface area contributed by atoms with E-state index in [2.05, 4.69) is 22.0 Å². The molecular weight excluding hydrogens is 440 g/mol. The Hall–Kier alpha value is -3.35. The van der Waals surface area contributed by atoms with E-state index >= 15 is 0 Å². The number of ketones is 1. The number of carbonyl (C=O) groups is 2. The van der Waals surface area contributed by atoms with Gasteiger partial charge in [-0.2, -0.15) is 0 Å². The number of nitrogens with zero attached hydrogens (tertiary/aromatic N) is 4. The highest BCUT2D eigenvalue weighted by molar-refractivity contribution is 5.94. The van der Waals surface area contributed by atoms with Crippen LogP contribution in [-0.2, 0) is 13.0 Å². The Bertz CT molecular complexity index is 1150. The van der Waals surface area contributed by atoms with Gasteiger partial charge < -0.3 is 5.11 Å². The highest BCUT2D eigenvalue weighted by atomic mass is 16.4. The number of pyridine rings is 1. The summed E-state index contributed by atoms with van der Waals surface area (Å²) in [5.74, 6) is 0.659. The maximum absolute atomic E-state index is 13.0. The van der Waals surface area contributed by atoms with Gasteiger partial charge in [-0.05, 0) is 30.0 Å². The van der Waals surface area contributed by atoms with E-state index in [1.54, 1.807) is 18.3 Å². The monoisotopic (exact) mass is 474 g/mol. The first-order valence-electron chi connectivity index (χ1n) is 12.8. The first kappa shape index (κ1) is 24.8. The van der Waals surface area contributed by atoms with Gasteiger partial charge in [0.2, 0.25) is 11.6 Å². The molecule has 1 N–H and O–H groups in total. The Balaban J connectivity index is 1.52. The van der Waals surface area contributed by atoms with Crippen LogP contribution in [0, 0.1) is 5.92 Å². The summed E-state index contributed by atoms with van der Waals surface area (Å²) in [5.41, 5.74) is 2.40. The molecule has 35 heavy (non-hydrogen) atoms. The topological polar surface area (TPSA) is 98.0 Å². The summed E-state index contributed by atoms with van der Waals surface area (Å²) in [5, 5.41) is 14.1. The van der Waals surface area contributed by atoms with Crippen molar-refractivity contribution >= 4 is 11.8 Å². The summed E-state index contributed by atoms with van der Waals surface area (Å²) in [4.78, 5) is 33.4. The minimum Gasteiger partial charge on any atom is -0.478 e. The zero-order chi connectivity index (χ0) is 24.6. The molecule has 7 nitrogen and oxygen atoms in total. The van der Waals surface area contributed by atoms with Gasteiger partial charge in [-0.3, -0.25) is 9.78 Å². The Morgan fingerprint density at radius 1 is 1.06 bits per heavy atom. The molecule has 0 radical (unpaired) electrons. The third-order valence-electron chi connectivity index (χ3n) is 6.80. The Kier molecular flexibility index (Phi) is 8.40. The number of rotatable bonds is 11. The smallest absolute Gasteiger partial charge is 0.337 e. The molecule has 1 aliphatic rings. The summed E-state index contributed by atoms with van der Waals surface area (Å²) in [6, 6.07) is 10.9. The first-order chi connectivity index (χ1) is 17.0. The summed E-state index contributed by atoms with van der Waals surface area (Å²) >= 11 is 0. The average Bonchev–Trinajstić information content (AvgIpc) is 3.28. The predicted molar refractivity (Wildman–Crippen MR) is 135 cm³/mol. The maximum Gasteiger partial charge on any atom is 0.337 e. The quantitative estimate of drug-likeness (QED) is 0.271. The maximum atomic E-state index is 13.0. The van der Waals surface area contributed by atoms with Crippen molar-refractivity contribution in [3.05, 3.63) is 65.4 Å². The van der Waals surface area contributed by atoms with E-state index in [4.69, 9.17) is 0 Å². The number of carbonyl (C=O) groups excluding carboxylic acids is 1. The normalized spacial score (nSPS) is 14.2. The number of unbranched alkanes of at least 4 members (excludes halogenated alkanes) is 2. The van der Waals surface area contributed by atoms with Gasteiger partial charge in [0.25, 0.3) is 0 Å². The van der Waals surface area contributed by atoms with Gasteiger partial charge in [0.15, 0.2) is 0 Å². The fourth-order valence-electron chi connectivity index (χ4n) is 4.83. The van der Waals surface area contributed by atoms with Gasteiger partial charge >= 0.3 is 5.97 Å². The Morgan fingerprint density at radius 2 is 1.83 bits per heavy atom. The minimum atomic E-state index is -0.997. The molecule has 0 bridgehead atoms. The molecule has 2 heterocycles. The van der Waals surface area contributed by atoms with Crippen molar-refractivity contribution < 1.29 is 14.7 Å². The van der Waals surface area contributed by atoms with E-state index in [1.165, 1.54) is 19.3 Å². The number of Topliss-reactive ketones (excluding diaryl/α,β-unsaturated/α-hetero) is 1. The number of aromatic carboxylic acids is 1. The van der Waals surface area contributed by atoms with Crippen LogP contribution in [0.3, 0.4) is 0 Å². The largest absolute Gasteiger partial charge is 0.478 e. The zero-order valence-corrected chi connectivity index (χ0v) is 20.4. The predicted octanol–water partition coefficient (Wildman–Crippen LogP) is 5.97. The molecule has 0 saturated heterocycles. The van der Waals surface area contributed by atoms with Gasteiger partial charge in [-0.1, -0.05) is 76.1 Å². The second kappa shape index (κ2) is 11.9. The van der Waals surface area contributed by atoms with Gasteiger partial charge in [-0.15, -0.1) is 5.10 Å². The Labute approximate surface area is 206 Å². The van der Waals surface area contributed by atoms with Crippen molar-refractivity contribution in [1.29, 1.82) is 0 Å². The first-order valence-corrected chi connectivity index (χ1v) is 12.8. The molecule has 7 heteroatoms. The number of hydrogen-bond donors (Lipinski definition) is 1. The molecule has 0 atom stereocenters. The molecule has 184 valence electrons. The van der Waals surface area contributed by atoms with Crippen molar-refractivity contribution in [2.24, 2.45) is 5.92 Å². The molecule has 4 rings (SSSR count). The number of aromatic nitrogens is 4. The van der Waals surface area contributed by atoms with Gasteiger partial charge in [0.1, 0.15) is 5.82 Å². The van der Waals surface area contributed by atoms with Gasteiger partial charge in [-0.25, -0.2) is 14.5 Å². The SMILES string of the molecule is CCCCCn1nc(C(=O)CC2CCCCC2)nc1Cc1ccc(-c2ncccc2C(=O)O)cc1. The summed E-state index contributed by atoms with van der Waals surface area (Å²) < 4.78 is 1.90. The highest BCUT2D eigenvalue weighted by Crippen LogP contribution is 2.27. The van der Waals surface area contributed by atoms with E-state index in [0.29, 0.717) is 30.3 Å². The summed E-state index contributed by atoms with van der Waals surface area (Å²) in [7, 11) is 0. The minimum absolute atomic E-state index is 0.0547. The van der Waals surface area contributed by atoms with Crippen molar-refractivity contribution in [2.45, 2.75) is 77.7 Å². The van der Waals surface area contributed by atoms with Crippen molar-refractivity contribution in [3.8, 4) is 11.3 Å². The van der Waals surface area contributed by atoms with E-state index in [0.717, 1.165) is 55.6 Å². The van der Waals surface area contributed by atoms with E-state index in [-0.39, 0.29) is 11.3 Å². The lowest BCUT2D eigenvalue weighted by molar-refractivity contribution is 0.0697. The third kappa shape index (κ3) is 6.41. The second-order valence-electron chi connectivity index (χ2n) is 9.49. The number of hydrogen-bond acceptors (Lipinski definition) is 5. The van der Waals surface area contributed by atoms with Crippen LogP contribution >= 0.6 is 0 Å². The fraction of sp³-hybridized carbons (Fsp3) is 0.464. The number of benzene rings is 1. The van der Waals surface area contributed by atoms with Crippen LogP contribution in [0.25, 0.3) is 11.3 Å². The lowest BCUT2D eigenvalue weighted by Crippen LogP contribution is -2.13. The molecule has 1 aliphatic carbocycles.